The van der Waals surface area contributed by atoms with Crippen molar-refractivity contribution in [3.05, 3.63) is 59.8 Å². The largest absolute Gasteiger partial charge is 0.346 e. The lowest BCUT2D eigenvalue weighted by Crippen LogP contribution is -1.96. The predicted molar refractivity (Wildman–Crippen MR) is 86.2 cm³/mol. The second-order valence-corrected chi connectivity index (χ2v) is 5.32. The van der Waals surface area contributed by atoms with Crippen molar-refractivity contribution >= 4 is 22.6 Å². The maximum atomic E-state index is 9.03. The van der Waals surface area contributed by atoms with Crippen LogP contribution in [-0.2, 0) is 0 Å². The van der Waals surface area contributed by atoms with Crippen molar-refractivity contribution < 1.29 is 0 Å². The quantitative estimate of drug-likeness (QED) is 0.614. The lowest BCUT2D eigenvalue weighted by atomic mass is 10.2. The summed E-state index contributed by atoms with van der Waals surface area (Å²) in [6, 6.07) is 9.08. The van der Waals surface area contributed by atoms with Crippen LogP contribution in [0.15, 0.2) is 49.2 Å². The smallest absolute Gasteiger partial charge is 0.141 e. The molecule has 0 unspecified atom stereocenters. The van der Waals surface area contributed by atoms with Crippen LogP contribution in [0.1, 0.15) is 5.56 Å². The Kier molecular flexibility index (Phi) is 3.07. The van der Waals surface area contributed by atoms with E-state index in [4.69, 9.17) is 16.9 Å². The van der Waals surface area contributed by atoms with E-state index in [0.29, 0.717) is 16.3 Å². The Morgan fingerprint density at radius 1 is 1.22 bits per heavy atom. The third-order valence-corrected chi connectivity index (χ3v) is 3.85. The van der Waals surface area contributed by atoms with E-state index in [1.165, 1.54) is 6.33 Å². The number of aromatic nitrogens is 5. The lowest BCUT2D eigenvalue weighted by molar-refractivity contribution is 0.880. The topological polar surface area (TPSA) is 83.2 Å². The molecule has 0 fully saturated rings. The molecular weight excluding hydrogens is 312 g/mol. The van der Waals surface area contributed by atoms with Crippen LogP contribution < -0.4 is 0 Å². The minimum atomic E-state index is 0.521. The number of nitriles is 1. The molecule has 1 aromatic carbocycles. The molecule has 4 rings (SSSR count). The Labute approximate surface area is 136 Å². The average Bonchev–Trinajstić information content (AvgIpc) is 3.24. The molecular formula is C16H9ClN6. The summed E-state index contributed by atoms with van der Waals surface area (Å²) >= 11 is 6.22. The predicted octanol–water partition coefficient (Wildman–Crippen LogP) is 3.34. The van der Waals surface area contributed by atoms with Crippen LogP contribution in [0, 0.1) is 11.3 Å². The highest BCUT2D eigenvalue weighted by Gasteiger charge is 2.11. The van der Waals surface area contributed by atoms with Gasteiger partial charge < -0.3 is 4.98 Å². The number of benzene rings is 1. The van der Waals surface area contributed by atoms with E-state index in [-0.39, 0.29) is 0 Å². The first-order valence-corrected chi connectivity index (χ1v) is 7.17. The third kappa shape index (κ3) is 2.24. The van der Waals surface area contributed by atoms with Gasteiger partial charge in [0.2, 0.25) is 0 Å². The van der Waals surface area contributed by atoms with Gasteiger partial charge in [0.25, 0.3) is 0 Å². The van der Waals surface area contributed by atoms with E-state index >= 15 is 0 Å². The minimum absolute atomic E-state index is 0.521. The Hall–Kier alpha value is -3.17. The van der Waals surface area contributed by atoms with E-state index in [1.54, 1.807) is 29.1 Å². The summed E-state index contributed by atoms with van der Waals surface area (Å²) in [7, 11) is 0. The van der Waals surface area contributed by atoms with Gasteiger partial charge in [-0.3, -0.25) is 0 Å². The first-order chi connectivity index (χ1) is 11.3. The fourth-order valence-corrected chi connectivity index (χ4v) is 2.64. The van der Waals surface area contributed by atoms with Gasteiger partial charge in [0, 0.05) is 23.3 Å². The lowest BCUT2D eigenvalue weighted by Gasteiger charge is -2.04. The molecule has 6 nitrogen and oxygen atoms in total. The second kappa shape index (κ2) is 5.23. The molecule has 0 bridgehead atoms. The van der Waals surface area contributed by atoms with Crippen molar-refractivity contribution in [1.82, 2.24) is 24.7 Å². The highest BCUT2D eigenvalue weighted by Crippen LogP contribution is 2.27. The molecule has 0 atom stereocenters. The van der Waals surface area contributed by atoms with Crippen LogP contribution >= 0.6 is 11.6 Å². The summed E-state index contributed by atoms with van der Waals surface area (Å²) in [6.45, 7) is 0. The Bertz CT molecular complexity index is 1060. The highest BCUT2D eigenvalue weighted by molar-refractivity contribution is 6.32. The van der Waals surface area contributed by atoms with Crippen LogP contribution in [0.25, 0.3) is 28.0 Å². The average molecular weight is 321 g/mol. The fourth-order valence-electron chi connectivity index (χ4n) is 2.44. The van der Waals surface area contributed by atoms with Crippen molar-refractivity contribution in [1.29, 1.82) is 5.26 Å². The SMILES string of the molecule is N#Cc1ccc(Cl)c(-n2cc(-c3ncnc4[nH]ccc34)cn2)c1. The third-order valence-electron chi connectivity index (χ3n) is 3.53. The molecule has 0 saturated carbocycles. The Morgan fingerprint density at radius 3 is 3.00 bits per heavy atom. The fraction of sp³-hybridized carbons (Fsp3) is 0. The molecule has 110 valence electrons. The van der Waals surface area contributed by atoms with Gasteiger partial charge in [0.15, 0.2) is 0 Å². The molecule has 0 radical (unpaired) electrons. The van der Waals surface area contributed by atoms with Gasteiger partial charge in [-0.2, -0.15) is 10.4 Å². The number of fused-ring (bicyclic) bond motifs is 1. The number of H-pyrrole nitrogens is 1. The minimum Gasteiger partial charge on any atom is -0.346 e. The molecule has 0 amide bonds. The number of hydrogen-bond acceptors (Lipinski definition) is 4. The van der Waals surface area contributed by atoms with Crippen molar-refractivity contribution in [3.63, 3.8) is 0 Å². The normalized spacial score (nSPS) is 10.8. The van der Waals surface area contributed by atoms with Gasteiger partial charge in [0.1, 0.15) is 12.0 Å². The molecule has 3 heterocycles. The Morgan fingerprint density at radius 2 is 2.13 bits per heavy atom. The number of halogens is 1. The van der Waals surface area contributed by atoms with Gasteiger partial charge in [-0.15, -0.1) is 0 Å². The summed E-state index contributed by atoms with van der Waals surface area (Å²) in [5, 5.41) is 14.8. The summed E-state index contributed by atoms with van der Waals surface area (Å²) < 4.78 is 1.64. The van der Waals surface area contributed by atoms with E-state index in [2.05, 4.69) is 26.1 Å². The van der Waals surface area contributed by atoms with Gasteiger partial charge in [0.05, 0.1) is 34.2 Å². The number of aromatic amines is 1. The molecule has 1 N–H and O–H groups in total. The van der Waals surface area contributed by atoms with Crippen LogP contribution in [0.4, 0.5) is 0 Å². The first kappa shape index (κ1) is 13.5. The van der Waals surface area contributed by atoms with Crippen molar-refractivity contribution in [2.45, 2.75) is 0 Å². The van der Waals surface area contributed by atoms with E-state index in [1.807, 2.05) is 18.5 Å². The molecule has 0 spiro atoms. The molecule has 0 saturated heterocycles. The van der Waals surface area contributed by atoms with E-state index in [9.17, 15) is 0 Å². The maximum absolute atomic E-state index is 9.03. The van der Waals surface area contributed by atoms with Crippen molar-refractivity contribution in [2.24, 2.45) is 0 Å². The van der Waals surface area contributed by atoms with Crippen LogP contribution in [0.3, 0.4) is 0 Å². The zero-order valence-corrected chi connectivity index (χ0v) is 12.5. The number of hydrogen-bond donors (Lipinski definition) is 1. The van der Waals surface area contributed by atoms with Gasteiger partial charge in [-0.1, -0.05) is 11.6 Å². The van der Waals surface area contributed by atoms with Crippen molar-refractivity contribution in [2.75, 3.05) is 0 Å². The van der Waals surface area contributed by atoms with Crippen LogP contribution in [0.2, 0.25) is 5.02 Å². The molecule has 0 aliphatic rings. The molecule has 23 heavy (non-hydrogen) atoms. The second-order valence-electron chi connectivity index (χ2n) is 4.91. The Balaban J connectivity index is 1.84. The zero-order chi connectivity index (χ0) is 15.8. The van der Waals surface area contributed by atoms with Gasteiger partial charge in [-0.25, -0.2) is 14.6 Å². The number of rotatable bonds is 2. The van der Waals surface area contributed by atoms with E-state index in [0.717, 1.165) is 22.3 Å². The summed E-state index contributed by atoms with van der Waals surface area (Å²) in [6.07, 6.45) is 6.87. The van der Waals surface area contributed by atoms with Crippen LogP contribution in [0.5, 0.6) is 0 Å². The highest BCUT2D eigenvalue weighted by atomic mass is 35.5. The summed E-state index contributed by atoms with van der Waals surface area (Å²) in [4.78, 5) is 11.6. The summed E-state index contributed by atoms with van der Waals surface area (Å²) in [5.41, 5.74) is 3.57. The number of nitrogens with zero attached hydrogens (tertiary/aromatic N) is 5. The van der Waals surface area contributed by atoms with Gasteiger partial charge >= 0.3 is 0 Å². The van der Waals surface area contributed by atoms with Gasteiger partial charge in [-0.05, 0) is 24.3 Å². The van der Waals surface area contributed by atoms with Crippen LogP contribution in [-0.4, -0.2) is 24.7 Å². The zero-order valence-electron chi connectivity index (χ0n) is 11.7. The number of nitrogens with one attached hydrogen (secondary N) is 1. The molecule has 3 aromatic heterocycles. The molecule has 7 heteroatoms. The molecule has 4 aromatic rings. The standard InChI is InChI=1S/C16H9ClN6/c17-13-2-1-10(6-18)5-14(13)23-8-11(7-22-23)15-12-3-4-19-16(12)21-9-20-15/h1-5,7-9H,(H,19,20,21). The summed E-state index contributed by atoms with van der Waals surface area (Å²) in [5.74, 6) is 0. The monoisotopic (exact) mass is 320 g/mol. The van der Waals surface area contributed by atoms with E-state index < -0.39 is 0 Å². The van der Waals surface area contributed by atoms with Crippen molar-refractivity contribution in [3.8, 4) is 23.0 Å². The maximum Gasteiger partial charge on any atom is 0.141 e. The molecule has 0 aliphatic heterocycles. The molecule has 0 aliphatic carbocycles. The first-order valence-electron chi connectivity index (χ1n) is 6.79.